The zero-order valence-electron chi connectivity index (χ0n) is 10.3. The predicted octanol–water partition coefficient (Wildman–Crippen LogP) is 4.15. The highest BCUT2D eigenvalue weighted by molar-refractivity contribution is 5.94. The number of benzene rings is 1. The number of hydrogen-bond acceptors (Lipinski definition) is 1. The highest BCUT2D eigenvalue weighted by Crippen LogP contribution is 2.27. The van der Waals surface area contributed by atoms with Gasteiger partial charge in [0.05, 0.1) is 11.4 Å². The number of rotatable bonds is 1. The molecule has 0 bridgehead atoms. The first-order valence-corrected chi connectivity index (χ1v) is 6.34. The van der Waals surface area contributed by atoms with E-state index >= 15 is 0 Å². The Kier molecular flexibility index (Phi) is 2.15. The number of pyridine rings is 2. The summed E-state index contributed by atoms with van der Waals surface area (Å²) in [7, 11) is 0. The number of fused-ring (bicyclic) bond motifs is 2. The summed E-state index contributed by atoms with van der Waals surface area (Å²) in [4.78, 5) is 4.59. The van der Waals surface area contributed by atoms with Crippen LogP contribution in [0.2, 0.25) is 0 Å². The topological polar surface area (TPSA) is 17.3 Å². The van der Waals surface area contributed by atoms with Crippen molar-refractivity contribution in [3.63, 3.8) is 0 Å². The van der Waals surface area contributed by atoms with Crippen molar-refractivity contribution in [3.05, 3.63) is 73.1 Å². The standard InChI is InChI=1S/C17H12N2/c1-2-8-15-13(5-1)10-11-18-17(15)16-9-3-6-14-7-4-12-19(14)16/h1-12H. The Morgan fingerprint density at radius 3 is 2.68 bits per heavy atom. The SMILES string of the molecule is c1ccc2c(-c3cccc4cccn34)nccc2c1. The van der Waals surface area contributed by atoms with Crippen LogP contribution < -0.4 is 0 Å². The molecule has 0 atom stereocenters. The molecule has 4 rings (SSSR count). The van der Waals surface area contributed by atoms with Gasteiger partial charge in [-0.05, 0) is 35.7 Å². The maximum absolute atomic E-state index is 4.59. The fourth-order valence-corrected chi connectivity index (χ4v) is 2.58. The van der Waals surface area contributed by atoms with Crippen molar-refractivity contribution in [1.29, 1.82) is 0 Å². The van der Waals surface area contributed by atoms with Gasteiger partial charge in [-0.2, -0.15) is 0 Å². The summed E-state index contributed by atoms with van der Waals surface area (Å²) in [5.41, 5.74) is 3.34. The Bertz CT molecular complexity index is 869. The van der Waals surface area contributed by atoms with E-state index in [-0.39, 0.29) is 0 Å². The summed E-state index contributed by atoms with van der Waals surface area (Å²) in [5.74, 6) is 0. The lowest BCUT2D eigenvalue weighted by Gasteiger charge is -2.08. The summed E-state index contributed by atoms with van der Waals surface area (Å²) in [6.07, 6.45) is 3.95. The summed E-state index contributed by atoms with van der Waals surface area (Å²) >= 11 is 0. The van der Waals surface area contributed by atoms with Crippen molar-refractivity contribution in [2.24, 2.45) is 0 Å². The minimum absolute atomic E-state index is 1.03. The lowest BCUT2D eigenvalue weighted by molar-refractivity contribution is 1.18. The molecule has 0 saturated carbocycles. The predicted molar refractivity (Wildman–Crippen MR) is 78.1 cm³/mol. The summed E-state index contributed by atoms with van der Waals surface area (Å²) in [5, 5.41) is 2.41. The third-order valence-electron chi connectivity index (χ3n) is 3.48. The normalized spacial score (nSPS) is 11.2. The lowest BCUT2D eigenvalue weighted by atomic mass is 10.1. The Hall–Kier alpha value is -2.61. The molecule has 19 heavy (non-hydrogen) atoms. The average Bonchev–Trinajstić information content (AvgIpc) is 2.95. The first-order chi connectivity index (χ1) is 9.43. The molecule has 1 aromatic carbocycles. The molecular weight excluding hydrogens is 232 g/mol. The summed E-state index contributed by atoms with van der Waals surface area (Å²) in [6, 6.07) is 20.9. The van der Waals surface area contributed by atoms with E-state index in [1.165, 1.54) is 16.3 Å². The van der Waals surface area contributed by atoms with Crippen LogP contribution in [0.15, 0.2) is 73.1 Å². The van der Waals surface area contributed by atoms with E-state index in [1.807, 2.05) is 6.20 Å². The zero-order valence-corrected chi connectivity index (χ0v) is 10.3. The Morgan fingerprint density at radius 1 is 0.789 bits per heavy atom. The van der Waals surface area contributed by atoms with E-state index in [1.54, 1.807) is 0 Å². The molecule has 0 aliphatic rings. The second kappa shape index (κ2) is 3.95. The van der Waals surface area contributed by atoms with Crippen LogP contribution in [0.1, 0.15) is 0 Å². The molecule has 3 aromatic heterocycles. The largest absolute Gasteiger partial charge is 0.315 e. The average molecular weight is 244 g/mol. The molecule has 0 amide bonds. The molecule has 0 aliphatic carbocycles. The molecule has 0 N–H and O–H groups in total. The quantitative estimate of drug-likeness (QED) is 0.491. The lowest BCUT2D eigenvalue weighted by Crippen LogP contribution is -1.93. The van der Waals surface area contributed by atoms with E-state index < -0.39 is 0 Å². The van der Waals surface area contributed by atoms with Crippen LogP contribution in [0, 0.1) is 0 Å². The van der Waals surface area contributed by atoms with Crippen LogP contribution in [0.25, 0.3) is 27.7 Å². The first-order valence-electron chi connectivity index (χ1n) is 6.34. The molecule has 0 aliphatic heterocycles. The van der Waals surface area contributed by atoms with Crippen LogP contribution in [0.4, 0.5) is 0 Å². The van der Waals surface area contributed by atoms with E-state index in [4.69, 9.17) is 0 Å². The van der Waals surface area contributed by atoms with E-state index in [0.29, 0.717) is 0 Å². The summed E-state index contributed by atoms with van der Waals surface area (Å²) in [6.45, 7) is 0. The fraction of sp³-hybridized carbons (Fsp3) is 0. The number of hydrogen-bond donors (Lipinski definition) is 0. The Labute approximate surface area is 111 Å². The molecule has 2 heteroatoms. The second-order valence-corrected chi connectivity index (χ2v) is 4.59. The third kappa shape index (κ3) is 1.54. The van der Waals surface area contributed by atoms with Crippen LogP contribution in [-0.2, 0) is 0 Å². The van der Waals surface area contributed by atoms with Gasteiger partial charge >= 0.3 is 0 Å². The minimum atomic E-state index is 1.03. The van der Waals surface area contributed by atoms with Crippen molar-refractivity contribution in [3.8, 4) is 11.4 Å². The summed E-state index contributed by atoms with van der Waals surface area (Å²) < 4.78 is 2.18. The Morgan fingerprint density at radius 2 is 1.68 bits per heavy atom. The molecule has 4 aromatic rings. The van der Waals surface area contributed by atoms with E-state index in [0.717, 1.165) is 11.4 Å². The van der Waals surface area contributed by atoms with Crippen molar-refractivity contribution in [2.75, 3.05) is 0 Å². The van der Waals surface area contributed by atoms with Gasteiger partial charge in [-0.15, -0.1) is 0 Å². The highest BCUT2D eigenvalue weighted by Gasteiger charge is 2.07. The molecule has 3 heterocycles. The second-order valence-electron chi connectivity index (χ2n) is 4.59. The van der Waals surface area contributed by atoms with Crippen LogP contribution >= 0.6 is 0 Å². The number of nitrogens with zero attached hydrogens (tertiary/aromatic N) is 2. The van der Waals surface area contributed by atoms with Crippen molar-refractivity contribution in [1.82, 2.24) is 9.38 Å². The maximum Gasteiger partial charge on any atom is 0.0948 e. The Balaban J connectivity index is 2.12. The van der Waals surface area contributed by atoms with Crippen molar-refractivity contribution in [2.45, 2.75) is 0 Å². The molecule has 0 radical (unpaired) electrons. The van der Waals surface area contributed by atoms with Gasteiger partial charge in [0.15, 0.2) is 0 Å². The zero-order chi connectivity index (χ0) is 12.7. The van der Waals surface area contributed by atoms with Gasteiger partial charge in [-0.1, -0.05) is 30.3 Å². The molecule has 90 valence electrons. The third-order valence-corrected chi connectivity index (χ3v) is 3.48. The maximum atomic E-state index is 4.59. The van der Waals surface area contributed by atoms with Crippen molar-refractivity contribution >= 4 is 16.3 Å². The van der Waals surface area contributed by atoms with Gasteiger partial charge < -0.3 is 4.40 Å². The van der Waals surface area contributed by atoms with Gasteiger partial charge in [0.1, 0.15) is 0 Å². The molecule has 0 spiro atoms. The van der Waals surface area contributed by atoms with Gasteiger partial charge in [0.25, 0.3) is 0 Å². The first kappa shape index (κ1) is 10.3. The van der Waals surface area contributed by atoms with Gasteiger partial charge in [0, 0.05) is 23.3 Å². The fourth-order valence-electron chi connectivity index (χ4n) is 2.58. The van der Waals surface area contributed by atoms with Crippen LogP contribution in [0.3, 0.4) is 0 Å². The van der Waals surface area contributed by atoms with Crippen LogP contribution in [-0.4, -0.2) is 9.38 Å². The van der Waals surface area contributed by atoms with Crippen LogP contribution in [0.5, 0.6) is 0 Å². The molecule has 0 unspecified atom stereocenters. The van der Waals surface area contributed by atoms with Gasteiger partial charge in [-0.25, -0.2) is 0 Å². The monoisotopic (exact) mass is 244 g/mol. The molecule has 2 nitrogen and oxygen atoms in total. The highest BCUT2D eigenvalue weighted by atomic mass is 14.9. The van der Waals surface area contributed by atoms with Crippen molar-refractivity contribution < 1.29 is 0 Å². The smallest absolute Gasteiger partial charge is 0.0948 e. The molecule has 0 saturated heterocycles. The molecule has 0 fully saturated rings. The minimum Gasteiger partial charge on any atom is -0.315 e. The van der Waals surface area contributed by atoms with E-state index in [9.17, 15) is 0 Å². The molecular formula is C17H12N2. The van der Waals surface area contributed by atoms with Gasteiger partial charge in [-0.3, -0.25) is 4.98 Å². The van der Waals surface area contributed by atoms with Gasteiger partial charge in [0.2, 0.25) is 0 Å². The number of aromatic nitrogens is 2. The van der Waals surface area contributed by atoms with E-state index in [2.05, 4.69) is 76.2 Å².